The van der Waals surface area contributed by atoms with Crippen molar-refractivity contribution in [2.45, 2.75) is 20.3 Å². The van der Waals surface area contributed by atoms with Gasteiger partial charge in [0, 0.05) is 14.8 Å². The van der Waals surface area contributed by atoms with E-state index in [2.05, 4.69) is 51.8 Å². The van der Waals surface area contributed by atoms with Crippen LogP contribution in [0.15, 0.2) is 22.7 Å². The number of halogens is 3. The smallest absolute Gasteiger partial charge is 0.0449 e. The fraction of sp³-hybridized carbons (Fsp3) is 0.500. The molecule has 0 saturated carbocycles. The Balaban J connectivity index is 2.79. The van der Waals surface area contributed by atoms with Crippen molar-refractivity contribution in [1.82, 2.24) is 0 Å². The van der Waals surface area contributed by atoms with Crippen molar-refractivity contribution in [2.24, 2.45) is 11.8 Å². The van der Waals surface area contributed by atoms with E-state index in [4.69, 9.17) is 11.6 Å². The van der Waals surface area contributed by atoms with Crippen LogP contribution in [0.4, 0.5) is 0 Å². The van der Waals surface area contributed by atoms with Crippen LogP contribution in [0.1, 0.15) is 19.4 Å². The lowest BCUT2D eigenvalue weighted by atomic mass is 9.91. The summed E-state index contributed by atoms with van der Waals surface area (Å²) in [4.78, 5) is 0. The van der Waals surface area contributed by atoms with Gasteiger partial charge in [-0.05, 0) is 36.0 Å². The van der Waals surface area contributed by atoms with E-state index in [0.717, 1.165) is 21.2 Å². The molecule has 0 spiro atoms. The van der Waals surface area contributed by atoms with Crippen LogP contribution in [0.5, 0.6) is 0 Å². The van der Waals surface area contributed by atoms with Gasteiger partial charge in [0.25, 0.3) is 0 Å². The second-order valence-corrected chi connectivity index (χ2v) is 6.07. The zero-order chi connectivity index (χ0) is 11.4. The van der Waals surface area contributed by atoms with E-state index in [-0.39, 0.29) is 0 Å². The van der Waals surface area contributed by atoms with Crippen LogP contribution in [0.25, 0.3) is 0 Å². The summed E-state index contributed by atoms with van der Waals surface area (Å²) in [6, 6.07) is 6.11. The van der Waals surface area contributed by atoms with Crippen LogP contribution in [-0.4, -0.2) is 5.33 Å². The molecule has 0 saturated heterocycles. The van der Waals surface area contributed by atoms with Gasteiger partial charge >= 0.3 is 0 Å². The number of hydrogen-bond acceptors (Lipinski definition) is 0. The highest BCUT2D eigenvalue weighted by Crippen LogP contribution is 2.26. The van der Waals surface area contributed by atoms with Gasteiger partial charge < -0.3 is 0 Å². The topological polar surface area (TPSA) is 0 Å². The van der Waals surface area contributed by atoms with Gasteiger partial charge in [0.2, 0.25) is 0 Å². The summed E-state index contributed by atoms with van der Waals surface area (Å²) in [5, 5.41) is 1.88. The number of benzene rings is 1. The van der Waals surface area contributed by atoms with Gasteiger partial charge in [-0.3, -0.25) is 0 Å². The summed E-state index contributed by atoms with van der Waals surface area (Å²) in [5.41, 5.74) is 1.23. The molecule has 0 amide bonds. The lowest BCUT2D eigenvalue weighted by Gasteiger charge is -2.18. The molecule has 15 heavy (non-hydrogen) atoms. The van der Waals surface area contributed by atoms with Gasteiger partial charge in [-0.1, -0.05) is 63.4 Å². The highest BCUT2D eigenvalue weighted by molar-refractivity contribution is 9.10. The fourth-order valence-corrected chi connectivity index (χ4v) is 3.17. The second kappa shape index (κ2) is 6.27. The Kier molecular flexibility index (Phi) is 5.65. The van der Waals surface area contributed by atoms with Crippen LogP contribution >= 0.6 is 43.5 Å². The summed E-state index contributed by atoms with van der Waals surface area (Å²) in [6.07, 6.45) is 1.04. The second-order valence-electron chi connectivity index (χ2n) is 4.10. The summed E-state index contributed by atoms with van der Waals surface area (Å²) < 4.78 is 1.04. The molecule has 0 aliphatic heterocycles. The third kappa shape index (κ3) is 4.08. The van der Waals surface area contributed by atoms with Gasteiger partial charge in [-0.2, -0.15) is 0 Å². The van der Waals surface area contributed by atoms with Crippen molar-refractivity contribution < 1.29 is 0 Å². The molecule has 0 fully saturated rings. The molecule has 1 rings (SSSR count). The predicted molar refractivity (Wildman–Crippen MR) is 75.0 cm³/mol. The van der Waals surface area contributed by atoms with Crippen molar-refractivity contribution >= 4 is 43.5 Å². The molecule has 0 heterocycles. The van der Waals surface area contributed by atoms with Gasteiger partial charge in [-0.15, -0.1) is 0 Å². The highest BCUT2D eigenvalue weighted by atomic mass is 79.9. The van der Waals surface area contributed by atoms with Crippen molar-refractivity contribution in [3.05, 3.63) is 33.3 Å². The van der Waals surface area contributed by atoms with E-state index in [1.807, 2.05) is 12.1 Å². The van der Waals surface area contributed by atoms with E-state index in [1.165, 1.54) is 5.56 Å². The molecule has 1 unspecified atom stereocenters. The van der Waals surface area contributed by atoms with E-state index in [0.29, 0.717) is 11.8 Å². The standard InChI is InChI=1S/C12H15Br2Cl/c1-8(2)10(7-13)5-9-3-4-11(14)6-12(9)15/h3-4,6,8,10H,5,7H2,1-2H3. The molecule has 0 aromatic heterocycles. The highest BCUT2D eigenvalue weighted by Gasteiger charge is 2.14. The molecular formula is C12H15Br2Cl. The Morgan fingerprint density at radius 3 is 2.47 bits per heavy atom. The Morgan fingerprint density at radius 1 is 1.33 bits per heavy atom. The average molecular weight is 355 g/mol. The molecule has 1 atom stereocenters. The molecule has 0 radical (unpaired) electrons. The van der Waals surface area contributed by atoms with Crippen molar-refractivity contribution in [2.75, 3.05) is 5.33 Å². The first-order valence-electron chi connectivity index (χ1n) is 5.04. The van der Waals surface area contributed by atoms with Gasteiger partial charge in [0.1, 0.15) is 0 Å². The van der Waals surface area contributed by atoms with Gasteiger partial charge in [0.15, 0.2) is 0 Å². The third-order valence-electron chi connectivity index (χ3n) is 2.64. The molecule has 0 bridgehead atoms. The molecule has 0 N–H and O–H groups in total. The fourth-order valence-electron chi connectivity index (χ4n) is 1.44. The predicted octanol–water partition coefficient (Wildman–Crippen LogP) is 5.31. The summed E-state index contributed by atoms with van der Waals surface area (Å²) in [6.45, 7) is 4.50. The largest absolute Gasteiger partial charge is 0.0925 e. The van der Waals surface area contributed by atoms with Crippen LogP contribution in [0.3, 0.4) is 0 Å². The number of hydrogen-bond donors (Lipinski definition) is 0. The summed E-state index contributed by atoms with van der Waals surface area (Å²) >= 11 is 13.2. The molecule has 1 aromatic carbocycles. The minimum absolute atomic E-state index is 0.642. The van der Waals surface area contributed by atoms with Crippen LogP contribution in [0, 0.1) is 11.8 Å². The summed E-state index contributed by atoms with van der Waals surface area (Å²) in [7, 11) is 0. The Morgan fingerprint density at radius 2 is 2.00 bits per heavy atom. The Bertz CT molecular complexity index is 323. The Hall–Kier alpha value is 0.470. The van der Waals surface area contributed by atoms with Crippen molar-refractivity contribution in [3.63, 3.8) is 0 Å². The Labute approximate surface area is 114 Å². The maximum atomic E-state index is 6.19. The van der Waals surface area contributed by atoms with Crippen molar-refractivity contribution in [3.8, 4) is 0 Å². The van der Waals surface area contributed by atoms with E-state index in [9.17, 15) is 0 Å². The molecule has 1 aromatic rings. The van der Waals surface area contributed by atoms with E-state index >= 15 is 0 Å². The monoisotopic (exact) mass is 352 g/mol. The van der Waals surface area contributed by atoms with Gasteiger partial charge in [-0.25, -0.2) is 0 Å². The minimum Gasteiger partial charge on any atom is -0.0925 e. The zero-order valence-electron chi connectivity index (χ0n) is 8.93. The lowest BCUT2D eigenvalue weighted by Crippen LogP contribution is -2.13. The molecular weight excluding hydrogens is 339 g/mol. The first kappa shape index (κ1) is 13.5. The first-order chi connectivity index (χ1) is 7.04. The van der Waals surface area contributed by atoms with Crippen LogP contribution in [-0.2, 0) is 6.42 Å². The van der Waals surface area contributed by atoms with Gasteiger partial charge in [0.05, 0.1) is 0 Å². The zero-order valence-corrected chi connectivity index (χ0v) is 12.9. The maximum absolute atomic E-state index is 6.19. The molecule has 84 valence electrons. The van der Waals surface area contributed by atoms with Crippen LogP contribution < -0.4 is 0 Å². The quantitative estimate of drug-likeness (QED) is 0.643. The molecule has 0 aliphatic carbocycles. The third-order valence-corrected chi connectivity index (χ3v) is 4.31. The summed E-state index contributed by atoms with van der Waals surface area (Å²) in [5.74, 6) is 1.31. The average Bonchev–Trinajstić information content (AvgIpc) is 2.16. The van der Waals surface area contributed by atoms with E-state index in [1.54, 1.807) is 0 Å². The normalized spacial score (nSPS) is 13.2. The van der Waals surface area contributed by atoms with Crippen LogP contribution in [0.2, 0.25) is 5.02 Å². The SMILES string of the molecule is CC(C)C(CBr)Cc1ccc(Br)cc1Cl. The maximum Gasteiger partial charge on any atom is 0.0449 e. The molecule has 0 aliphatic rings. The first-order valence-corrected chi connectivity index (χ1v) is 7.33. The number of alkyl halides is 1. The number of rotatable bonds is 4. The molecule has 3 heteroatoms. The molecule has 0 nitrogen and oxygen atoms in total. The van der Waals surface area contributed by atoms with Crippen molar-refractivity contribution in [1.29, 1.82) is 0 Å². The van der Waals surface area contributed by atoms with E-state index < -0.39 is 0 Å². The minimum atomic E-state index is 0.642. The lowest BCUT2D eigenvalue weighted by molar-refractivity contribution is 0.427.